The van der Waals surface area contributed by atoms with Gasteiger partial charge in [-0.2, -0.15) is 10.4 Å². The van der Waals surface area contributed by atoms with E-state index in [9.17, 15) is 18.8 Å². The number of nitrogens with one attached hydrogen (secondary N) is 2. The largest absolute Gasteiger partial charge is 0.350 e. The van der Waals surface area contributed by atoms with Gasteiger partial charge >= 0.3 is 5.69 Å². The van der Waals surface area contributed by atoms with E-state index in [1.54, 1.807) is 20.0 Å². The number of carbonyl (C=O) groups excluding carboxylic acids is 2. The normalized spacial score (nSPS) is 10.9. The monoisotopic (exact) mass is 552 g/mol. The second kappa shape index (κ2) is 10.9. The number of nitriles is 1. The van der Waals surface area contributed by atoms with Crippen LogP contribution in [0.4, 0.5) is 10.1 Å². The van der Waals surface area contributed by atoms with Crippen LogP contribution in [-0.4, -0.2) is 42.3 Å². The van der Waals surface area contributed by atoms with Crippen LogP contribution in [0.3, 0.4) is 0 Å². The maximum Gasteiger partial charge on any atom is 0.350 e. The lowest BCUT2D eigenvalue weighted by molar-refractivity contribution is 0.0953. The van der Waals surface area contributed by atoms with Gasteiger partial charge in [-0.3, -0.25) is 9.59 Å². The topological polar surface area (TPSA) is 140 Å². The molecule has 0 saturated carbocycles. The highest BCUT2D eigenvalue weighted by atomic mass is 19.1. The molecular formula is C29H25FN8O3. The molecule has 2 aromatic carbocycles. The number of aromatic nitrogens is 5. The van der Waals surface area contributed by atoms with Crippen molar-refractivity contribution in [1.82, 2.24) is 29.2 Å². The lowest BCUT2D eigenvalue weighted by Gasteiger charge is -2.12. The Hall–Kier alpha value is -5.57. The average molecular weight is 553 g/mol. The molecule has 2 amide bonds. The Morgan fingerprint density at radius 2 is 1.83 bits per heavy atom. The number of anilines is 1. The molecule has 0 atom stereocenters. The van der Waals surface area contributed by atoms with Crippen molar-refractivity contribution in [3.05, 3.63) is 94.2 Å². The van der Waals surface area contributed by atoms with Crippen molar-refractivity contribution in [1.29, 1.82) is 5.26 Å². The van der Waals surface area contributed by atoms with Crippen LogP contribution in [-0.2, 0) is 13.6 Å². The van der Waals surface area contributed by atoms with Crippen LogP contribution in [0, 0.1) is 24.1 Å². The maximum atomic E-state index is 14.2. The van der Waals surface area contributed by atoms with Crippen LogP contribution in [0.2, 0.25) is 0 Å². The van der Waals surface area contributed by atoms with Crippen molar-refractivity contribution < 1.29 is 14.0 Å². The highest BCUT2D eigenvalue weighted by Gasteiger charge is 2.20. The first-order valence-electron chi connectivity index (χ1n) is 12.7. The molecule has 0 unspecified atom stereocenters. The smallest absolute Gasteiger partial charge is 0.339 e. The molecule has 3 aromatic heterocycles. The van der Waals surface area contributed by atoms with Crippen molar-refractivity contribution in [3.8, 4) is 23.0 Å². The first-order chi connectivity index (χ1) is 19.7. The summed E-state index contributed by atoms with van der Waals surface area (Å²) in [6, 6.07) is 16.6. The quantitative estimate of drug-likeness (QED) is 0.296. The number of nitrogens with zero attached hydrogens (tertiary/aromatic N) is 6. The molecule has 41 heavy (non-hydrogen) atoms. The van der Waals surface area contributed by atoms with Crippen LogP contribution in [0.25, 0.3) is 27.8 Å². The van der Waals surface area contributed by atoms with Crippen LogP contribution < -0.4 is 16.3 Å². The molecule has 2 N–H and O–H groups in total. The van der Waals surface area contributed by atoms with Gasteiger partial charge in [-0.05, 0) is 61.9 Å². The zero-order valence-electron chi connectivity index (χ0n) is 22.5. The standard InChI is InChI=1S/C29H25FN8O3/c1-4-37-24(18-5-8-21(9-6-18)38-17(2)35-36(3)29(38)41)15-19-11-13-32-25(26(19)37)28(40)34-20-7-10-23(30)22(16-20)27(39)33-14-12-31/h5-11,13,15-16H,4,14H2,1-3H3,(H,33,39)(H,34,40). The third-order valence-corrected chi connectivity index (χ3v) is 6.64. The van der Waals surface area contributed by atoms with Gasteiger partial charge in [-0.1, -0.05) is 12.1 Å². The summed E-state index contributed by atoms with van der Waals surface area (Å²) in [6.07, 6.45) is 1.53. The lowest BCUT2D eigenvalue weighted by Crippen LogP contribution is -2.25. The summed E-state index contributed by atoms with van der Waals surface area (Å²) in [5.74, 6) is -1.50. The molecule has 0 saturated heterocycles. The van der Waals surface area contributed by atoms with E-state index in [4.69, 9.17) is 5.26 Å². The molecule has 206 valence electrons. The molecule has 0 aliphatic carbocycles. The Bertz CT molecular complexity index is 1910. The second-order valence-electron chi connectivity index (χ2n) is 9.20. The minimum absolute atomic E-state index is 0.157. The minimum atomic E-state index is -0.780. The third kappa shape index (κ3) is 4.96. The Morgan fingerprint density at radius 3 is 2.49 bits per heavy atom. The van der Waals surface area contributed by atoms with Gasteiger partial charge in [-0.15, -0.1) is 0 Å². The molecule has 12 heteroatoms. The number of carbonyl (C=O) groups is 2. The molecule has 3 heterocycles. The fourth-order valence-corrected chi connectivity index (χ4v) is 4.80. The van der Waals surface area contributed by atoms with Crippen LogP contribution >= 0.6 is 0 Å². The summed E-state index contributed by atoms with van der Waals surface area (Å²) in [7, 11) is 1.60. The van der Waals surface area contributed by atoms with Gasteiger partial charge in [-0.25, -0.2) is 23.4 Å². The molecule has 5 aromatic rings. The van der Waals surface area contributed by atoms with Gasteiger partial charge in [0, 0.05) is 36.6 Å². The Morgan fingerprint density at radius 1 is 1.07 bits per heavy atom. The fraction of sp³-hybridized carbons (Fsp3) is 0.172. The number of hydrogen-bond acceptors (Lipinski definition) is 6. The zero-order valence-corrected chi connectivity index (χ0v) is 22.5. The summed E-state index contributed by atoms with van der Waals surface area (Å²) in [5, 5.41) is 18.6. The van der Waals surface area contributed by atoms with Gasteiger partial charge in [0.05, 0.1) is 22.8 Å². The van der Waals surface area contributed by atoms with Crippen molar-refractivity contribution in [2.45, 2.75) is 20.4 Å². The molecule has 11 nitrogen and oxygen atoms in total. The summed E-state index contributed by atoms with van der Waals surface area (Å²) in [5.41, 5.74) is 2.84. The molecule has 0 spiro atoms. The summed E-state index contributed by atoms with van der Waals surface area (Å²) in [6.45, 7) is 3.98. The van der Waals surface area contributed by atoms with Crippen molar-refractivity contribution >= 4 is 28.4 Å². The number of aryl methyl sites for hydroxylation is 3. The number of halogens is 1. The Balaban J connectivity index is 1.49. The van der Waals surface area contributed by atoms with Gasteiger partial charge in [0.15, 0.2) is 5.69 Å². The summed E-state index contributed by atoms with van der Waals surface area (Å²) in [4.78, 5) is 42.4. The van der Waals surface area contributed by atoms with Gasteiger partial charge in [0.25, 0.3) is 11.8 Å². The number of pyridine rings is 1. The highest BCUT2D eigenvalue weighted by molar-refractivity contribution is 6.11. The fourth-order valence-electron chi connectivity index (χ4n) is 4.80. The number of amides is 2. The molecular weight excluding hydrogens is 527 g/mol. The number of benzene rings is 2. The first-order valence-corrected chi connectivity index (χ1v) is 12.7. The summed E-state index contributed by atoms with van der Waals surface area (Å²) >= 11 is 0. The van der Waals surface area contributed by atoms with E-state index >= 15 is 0 Å². The Labute approximate surface area is 233 Å². The van der Waals surface area contributed by atoms with E-state index in [1.807, 2.05) is 47.9 Å². The van der Waals surface area contributed by atoms with E-state index < -0.39 is 17.6 Å². The maximum absolute atomic E-state index is 14.2. The highest BCUT2D eigenvalue weighted by Crippen LogP contribution is 2.31. The molecule has 0 bridgehead atoms. The number of fused-ring (bicyclic) bond motifs is 1. The number of hydrogen-bond donors (Lipinski definition) is 2. The van der Waals surface area contributed by atoms with Gasteiger partial charge in [0.2, 0.25) is 0 Å². The van der Waals surface area contributed by atoms with Crippen molar-refractivity contribution in [3.63, 3.8) is 0 Å². The molecule has 0 aliphatic rings. The average Bonchev–Trinajstić information content (AvgIpc) is 3.47. The third-order valence-electron chi connectivity index (χ3n) is 6.64. The minimum Gasteiger partial charge on any atom is -0.339 e. The predicted molar refractivity (Wildman–Crippen MR) is 150 cm³/mol. The zero-order chi connectivity index (χ0) is 29.3. The Kier molecular flexibility index (Phi) is 7.18. The van der Waals surface area contributed by atoms with E-state index in [-0.39, 0.29) is 29.2 Å². The van der Waals surface area contributed by atoms with Crippen LogP contribution in [0.15, 0.2) is 65.6 Å². The van der Waals surface area contributed by atoms with E-state index in [1.165, 1.54) is 27.6 Å². The van der Waals surface area contributed by atoms with Crippen LogP contribution in [0.5, 0.6) is 0 Å². The lowest BCUT2D eigenvalue weighted by atomic mass is 10.1. The van der Waals surface area contributed by atoms with E-state index in [0.717, 1.165) is 22.7 Å². The molecule has 0 radical (unpaired) electrons. The molecule has 5 rings (SSSR count). The van der Waals surface area contributed by atoms with Crippen molar-refractivity contribution in [2.24, 2.45) is 7.05 Å². The predicted octanol–water partition coefficient (Wildman–Crippen LogP) is 3.56. The first kappa shape index (κ1) is 27.0. The molecule has 0 aliphatic heterocycles. The molecule has 0 fully saturated rings. The van der Waals surface area contributed by atoms with Gasteiger partial charge in [0.1, 0.15) is 18.2 Å². The summed E-state index contributed by atoms with van der Waals surface area (Å²) < 4.78 is 19.0. The second-order valence-corrected chi connectivity index (χ2v) is 9.20. The SMILES string of the molecule is CCn1c(-c2ccc(-n3c(C)nn(C)c3=O)cc2)cc2ccnc(C(=O)Nc3ccc(F)c(C(=O)NCC#N)c3)c21. The van der Waals surface area contributed by atoms with E-state index in [2.05, 4.69) is 20.7 Å². The van der Waals surface area contributed by atoms with Gasteiger partial charge < -0.3 is 15.2 Å². The van der Waals surface area contributed by atoms with Crippen molar-refractivity contribution in [2.75, 3.05) is 11.9 Å². The number of rotatable bonds is 7. The van der Waals surface area contributed by atoms with E-state index in [0.29, 0.717) is 23.6 Å². The van der Waals surface area contributed by atoms with Crippen LogP contribution in [0.1, 0.15) is 33.6 Å².